The fourth-order valence-electron chi connectivity index (χ4n) is 2.49. The number of carbonyl (C=O) groups excluding carboxylic acids is 1. The van der Waals surface area contributed by atoms with E-state index in [-0.39, 0.29) is 11.5 Å². The molecule has 7 heteroatoms. The number of sulfonamides is 1. The zero-order chi connectivity index (χ0) is 20.0. The fraction of sp³-hybridized carbons (Fsp3) is 0.0952. The smallest absolute Gasteiger partial charge is 0.321 e. The van der Waals surface area contributed by atoms with E-state index in [1.54, 1.807) is 0 Å². The van der Waals surface area contributed by atoms with E-state index in [4.69, 9.17) is 4.74 Å². The van der Waals surface area contributed by atoms with Crippen LogP contribution in [0.3, 0.4) is 0 Å². The summed E-state index contributed by atoms with van der Waals surface area (Å²) in [5, 5.41) is 0. The molecule has 0 amide bonds. The highest BCUT2D eigenvalue weighted by Gasteiger charge is 2.16. The summed E-state index contributed by atoms with van der Waals surface area (Å²) in [5.41, 5.74) is 2.92. The monoisotopic (exact) mass is 399 g/mol. The Bertz CT molecular complexity index is 1030. The molecule has 0 aliphatic heterocycles. The van der Waals surface area contributed by atoms with Crippen LogP contribution >= 0.6 is 0 Å². The van der Waals surface area contributed by atoms with Crippen LogP contribution in [0, 0.1) is 5.82 Å². The van der Waals surface area contributed by atoms with Crippen LogP contribution in [0.15, 0.2) is 83.8 Å². The van der Waals surface area contributed by atoms with Crippen LogP contribution in [0.4, 0.5) is 4.39 Å². The Balaban J connectivity index is 1.51. The number of carbonyl (C=O) groups is 1. The van der Waals surface area contributed by atoms with Crippen molar-refractivity contribution < 1.29 is 22.3 Å². The summed E-state index contributed by atoms with van der Waals surface area (Å²) >= 11 is 0. The molecule has 1 N–H and O–H groups in total. The Kier molecular flexibility index (Phi) is 6.18. The molecule has 0 radical (unpaired) electrons. The number of hydrogen-bond acceptors (Lipinski definition) is 4. The standard InChI is InChI=1S/C21H18FNO4S/c22-19-10-12-20(13-11-19)28(25,26)23-14-21(24)27-15-16-6-8-18(9-7-16)17-4-2-1-3-5-17/h1-13,23H,14-15H2. The highest BCUT2D eigenvalue weighted by molar-refractivity contribution is 7.89. The molecule has 0 spiro atoms. The van der Waals surface area contributed by atoms with Gasteiger partial charge in [-0.1, -0.05) is 54.6 Å². The van der Waals surface area contributed by atoms with E-state index in [1.807, 2.05) is 54.6 Å². The molecule has 3 rings (SSSR count). The van der Waals surface area contributed by atoms with Crippen molar-refractivity contribution in [1.82, 2.24) is 4.72 Å². The molecule has 0 aliphatic rings. The zero-order valence-electron chi connectivity index (χ0n) is 14.8. The van der Waals surface area contributed by atoms with Crippen molar-refractivity contribution in [3.05, 3.63) is 90.2 Å². The number of rotatable bonds is 7. The molecule has 0 aromatic heterocycles. The molecule has 0 fully saturated rings. The maximum absolute atomic E-state index is 12.9. The van der Waals surface area contributed by atoms with Gasteiger partial charge in [-0.15, -0.1) is 0 Å². The van der Waals surface area contributed by atoms with Gasteiger partial charge in [-0.25, -0.2) is 12.8 Å². The molecule has 0 unspecified atom stereocenters. The van der Waals surface area contributed by atoms with Gasteiger partial charge >= 0.3 is 5.97 Å². The number of nitrogens with one attached hydrogen (secondary N) is 1. The molecule has 0 aliphatic carbocycles. The number of hydrogen-bond donors (Lipinski definition) is 1. The largest absolute Gasteiger partial charge is 0.460 e. The van der Waals surface area contributed by atoms with Gasteiger partial charge in [-0.05, 0) is 41.0 Å². The Hall–Kier alpha value is -3.03. The summed E-state index contributed by atoms with van der Waals surface area (Å²) < 4.78 is 44.2. The van der Waals surface area contributed by atoms with Crippen LogP contribution in [0.25, 0.3) is 11.1 Å². The van der Waals surface area contributed by atoms with Crippen molar-refractivity contribution >= 4 is 16.0 Å². The first-order valence-electron chi connectivity index (χ1n) is 8.49. The normalized spacial score (nSPS) is 11.2. The second-order valence-electron chi connectivity index (χ2n) is 6.00. The van der Waals surface area contributed by atoms with Crippen molar-refractivity contribution in [3.63, 3.8) is 0 Å². The molecule has 28 heavy (non-hydrogen) atoms. The van der Waals surface area contributed by atoms with Crippen LogP contribution in [0.1, 0.15) is 5.56 Å². The molecule has 3 aromatic carbocycles. The number of esters is 1. The molecule has 0 bridgehead atoms. The van der Waals surface area contributed by atoms with E-state index in [0.29, 0.717) is 0 Å². The van der Waals surface area contributed by atoms with Crippen molar-refractivity contribution in [1.29, 1.82) is 0 Å². The lowest BCUT2D eigenvalue weighted by Crippen LogP contribution is -2.30. The second-order valence-corrected chi connectivity index (χ2v) is 7.77. The van der Waals surface area contributed by atoms with E-state index in [1.165, 1.54) is 0 Å². The minimum Gasteiger partial charge on any atom is -0.460 e. The van der Waals surface area contributed by atoms with E-state index in [2.05, 4.69) is 4.72 Å². The van der Waals surface area contributed by atoms with Gasteiger partial charge in [-0.2, -0.15) is 4.72 Å². The van der Waals surface area contributed by atoms with Gasteiger partial charge in [0, 0.05) is 0 Å². The molecule has 0 heterocycles. The summed E-state index contributed by atoms with van der Waals surface area (Å²) in [6, 6.07) is 21.7. The maximum atomic E-state index is 12.9. The van der Waals surface area contributed by atoms with Crippen LogP contribution in [0.2, 0.25) is 0 Å². The van der Waals surface area contributed by atoms with E-state index < -0.39 is 28.4 Å². The van der Waals surface area contributed by atoms with Crippen molar-refractivity contribution in [2.24, 2.45) is 0 Å². The van der Waals surface area contributed by atoms with Gasteiger partial charge in [0.25, 0.3) is 0 Å². The number of ether oxygens (including phenoxy) is 1. The van der Waals surface area contributed by atoms with Crippen molar-refractivity contribution in [3.8, 4) is 11.1 Å². The lowest BCUT2D eigenvalue weighted by Gasteiger charge is -2.08. The quantitative estimate of drug-likeness (QED) is 0.617. The first-order chi connectivity index (χ1) is 13.4. The second kappa shape index (κ2) is 8.77. The predicted molar refractivity (Wildman–Crippen MR) is 103 cm³/mol. The average molecular weight is 399 g/mol. The third-order valence-electron chi connectivity index (χ3n) is 3.99. The van der Waals surface area contributed by atoms with Gasteiger partial charge in [0.05, 0.1) is 4.90 Å². The van der Waals surface area contributed by atoms with Gasteiger partial charge in [-0.3, -0.25) is 4.79 Å². The molecule has 0 atom stereocenters. The van der Waals surface area contributed by atoms with Crippen LogP contribution in [-0.4, -0.2) is 20.9 Å². The van der Waals surface area contributed by atoms with Crippen LogP contribution in [0.5, 0.6) is 0 Å². The topological polar surface area (TPSA) is 72.5 Å². The van der Waals surface area contributed by atoms with Crippen molar-refractivity contribution in [2.75, 3.05) is 6.54 Å². The van der Waals surface area contributed by atoms with E-state index in [0.717, 1.165) is 41.0 Å². The highest BCUT2D eigenvalue weighted by atomic mass is 32.2. The minimum atomic E-state index is -3.91. The van der Waals surface area contributed by atoms with Gasteiger partial charge < -0.3 is 4.74 Å². The van der Waals surface area contributed by atoms with E-state index in [9.17, 15) is 17.6 Å². The number of halogens is 1. The first-order valence-corrected chi connectivity index (χ1v) is 9.97. The molecule has 5 nitrogen and oxygen atoms in total. The van der Waals surface area contributed by atoms with Crippen molar-refractivity contribution in [2.45, 2.75) is 11.5 Å². The summed E-state index contributed by atoms with van der Waals surface area (Å²) in [7, 11) is -3.91. The Labute approximate surface area is 162 Å². The highest BCUT2D eigenvalue weighted by Crippen LogP contribution is 2.19. The molecular weight excluding hydrogens is 381 g/mol. The fourth-order valence-corrected chi connectivity index (χ4v) is 3.46. The van der Waals surface area contributed by atoms with Gasteiger partial charge in [0.15, 0.2) is 0 Å². The third-order valence-corrected chi connectivity index (χ3v) is 5.41. The Morgan fingerprint density at radius 2 is 1.46 bits per heavy atom. The maximum Gasteiger partial charge on any atom is 0.321 e. The average Bonchev–Trinajstić information content (AvgIpc) is 2.72. The Morgan fingerprint density at radius 1 is 0.857 bits per heavy atom. The summed E-state index contributed by atoms with van der Waals surface area (Å²) in [4.78, 5) is 11.7. The minimum absolute atomic E-state index is 0.0339. The van der Waals surface area contributed by atoms with Gasteiger partial charge in [0.1, 0.15) is 19.0 Å². The lowest BCUT2D eigenvalue weighted by atomic mass is 10.0. The molecule has 0 saturated heterocycles. The third kappa shape index (κ3) is 5.25. The Morgan fingerprint density at radius 3 is 2.11 bits per heavy atom. The summed E-state index contributed by atoms with van der Waals surface area (Å²) in [6.45, 7) is -0.478. The summed E-state index contributed by atoms with van der Waals surface area (Å²) in [6.07, 6.45) is 0. The van der Waals surface area contributed by atoms with Crippen LogP contribution in [-0.2, 0) is 26.2 Å². The van der Waals surface area contributed by atoms with Gasteiger partial charge in [0.2, 0.25) is 10.0 Å². The van der Waals surface area contributed by atoms with E-state index >= 15 is 0 Å². The number of benzene rings is 3. The molecule has 0 saturated carbocycles. The van der Waals surface area contributed by atoms with Crippen LogP contribution < -0.4 is 4.72 Å². The molecule has 144 valence electrons. The zero-order valence-corrected chi connectivity index (χ0v) is 15.7. The predicted octanol–water partition coefficient (Wildman–Crippen LogP) is 3.51. The SMILES string of the molecule is O=C(CNS(=O)(=O)c1ccc(F)cc1)OCc1ccc(-c2ccccc2)cc1. The summed E-state index contributed by atoms with van der Waals surface area (Å²) in [5.74, 6) is -1.26. The molecule has 3 aromatic rings. The molecular formula is C21H18FNO4S. The first kappa shape index (κ1) is 19.7. The lowest BCUT2D eigenvalue weighted by molar-refractivity contribution is -0.143.